The normalized spacial score (nSPS) is 11.7. The van der Waals surface area contributed by atoms with Gasteiger partial charge in [-0.05, 0) is 77.4 Å². The molecule has 58 heavy (non-hydrogen) atoms. The number of thioether (sulfide) groups is 1. The van der Waals surface area contributed by atoms with E-state index in [1.807, 2.05) is 109 Å². The number of thiazole rings is 1. The lowest BCUT2D eigenvalue weighted by Gasteiger charge is -2.17. The van der Waals surface area contributed by atoms with E-state index in [0.29, 0.717) is 50.0 Å². The SMILES string of the molecule is O=C(Nc1cccc(SC(C(=O)Nc2nc(-c3ccc(Cl)c(Cl)c3)cs2)c2ccccc2)c1)/C(=C/c1ccc(OCc2ccccc2)cc1)NC(=O)c1ccccc1. The minimum Gasteiger partial charge on any atom is -0.489 e. The minimum atomic E-state index is -0.662. The summed E-state index contributed by atoms with van der Waals surface area (Å²) in [5, 5.41) is 11.2. The first kappa shape index (κ1) is 40.0. The molecular formula is C46H34Cl2N4O4S2. The van der Waals surface area contributed by atoms with Crippen molar-refractivity contribution in [2.45, 2.75) is 16.8 Å². The van der Waals surface area contributed by atoms with Gasteiger partial charge in [-0.1, -0.05) is 126 Å². The maximum absolute atomic E-state index is 13.9. The summed E-state index contributed by atoms with van der Waals surface area (Å²) >= 11 is 14.9. The lowest BCUT2D eigenvalue weighted by molar-refractivity contribution is -0.116. The van der Waals surface area contributed by atoms with Crippen molar-refractivity contribution >= 4 is 80.9 Å². The molecule has 1 unspecified atom stereocenters. The highest BCUT2D eigenvalue weighted by molar-refractivity contribution is 8.00. The molecule has 1 heterocycles. The molecule has 8 nitrogen and oxygen atoms in total. The molecule has 0 fully saturated rings. The Hall–Kier alpha value is -6.17. The van der Waals surface area contributed by atoms with Crippen molar-refractivity contribution in [2.24, 2.45) is 0 Å². The van der Waals surface area contributed by atoms with Crippen LogP contribution in [0.2, 0.25) is 10.0 Å². The molecule has 0 aliphatic heterocycles. The number of aromatic nitrogens is 1. The molecule has 0 radical (unpaired) electrons. The highest BCUT2D eigenvalue weighted by Crippen LogP contribution is 2.38. The van der Waals surface area contributed by atoms with E-state index in [2.05, 4.69) is 20.9 Å². The topological polar surface area (TPSA) is 109 Å². The monoisotopic (exact) mass is 840 g/mol. The van der Waals surface area contributed by atoms with Gasteiger partial charge in [-0.2, -0.15) is 0 Å². The molecule has 1 aromatic heterocycles. The van der Waals surface area contributed by atoms with E-state index in [0.717, 1.165) is 21.6 Å². The van der Waals surface area contributed by atoms with Crippen LogP contribution >= 0.6 is 46.3 Å². The second-order valence-electron chi connectivity index (χ2n) is 12.8. The molecule has 3 N–H and O–H groups in total. The average molecular weight is 842 g/mol. The van der Waals surface area contributed by atoms with E-state index < -0.39 is 17.1 Å². The number of benzene rings is 6. The zero-order chi connectivity index (χ0) is 40.3. The maximum atomic E-state index is 13.9. The first-order valence-corrected chi connectivity index (χ1v) is 20.5. The quantitative estimate of drug-likeness (QED) is 0.0743. The van der Waals surface area contributed by atoms with Gasteiger partial charge >= 0.3 is 0 Å². The second kappa shape index (κ2) is 19.3. The van der Waals surface area contributed by atoms with Crippen molar-refractivity contribution in [3.63, 3.8) is 0 Å². The Morgan fingerprint density at radius 3 is 2.17 bits per heavy atom. The van der Waals surface area contributed by atoms with Crippen molar-refractivity contribution in [2.75, 3.05) is 10.6 Å². The van der Waals surface area contributed by atoms with Crippen LogP contribution < -0.4 is 20.7 Å². The Kier molecular flexibility index (Phi) is 13.3. The van der Waals surface area contributed by atoms with Crippen molar-refractivity contribution < 1.29 is 19.1 Å². The predicted octanol–water partition coefficient (Wildman–Crippen LogP) is 11.6. The molecule has 0 bridgehead atoms. The zero-order valence-corrected chi connectivity index (χ0v) is 33.7. The number of hydrogen-bond acceptors (Lipinski definition) is 7. The highest BCUT2D eigenvalue weighted by Gasteiger charge is 2.24. The minimum absolute atomic E-state index is 0.0371. The van der Waals surface area contributed by atoms with Crippen molar-refractivity contribution in [1.82, 2.24) is 10.3 Å². The lowest BCUT2D eigenvalue weighted by atomic mass is 10.1. The number of hydrogen-bond donors (Lipinski definition) is 3. The lowest BCUT2D eigenvalue weighted by Crippen LogP contribution is -2.30. The number of nitrogens with zero attached hydrogens (tertiary/aromatic N) is 1. The van der Waals surface area contributed by atoms with Crippen LogP contribution in [0.5, 0.6) is 5.75 Å². The van der Waals surface area contributed by atoms with Crippen LogP contribution in [0.1, 0.15) is 32.3 Å². The summed E-state index contributed by atoms with van der Waals surface area (Å²) in [6, 6.07) is 47.6. The summed E-state index contributed by atoms with van der Waals surface area (Å²) in [5.41, 5.74) is 4.85. The van der Waals surface area contributed by atoms with Gasteiger partial charge in [0.2, 0.25) is 5.91 Å². The first-order chi connectivity index (χ1) is 28.3. The summed E-state index contributed by atoms with van der Waals surface area (Å²) < 4.78 is 5.93. The molecule has 288 valence electrons. The Balaban J connectivity index is 1.08. The number of amides is 3. The van der Waals surface area contributed by atoms with Crippen LogP contribution in [0, 0.1) is 0 Å². The van der Waals surface area contributed by atoms with Gasteiger partial charge in [0.05, 0.1) is 15.7 Å². The molecule has 0 saturated carbocycles. The molecule has 12 heteroatoms. The van der Waals surface area contributed by atoms with E-state index >= 15 is 0 Å². The fraction of sp³-hybridized carbons (Fsp3) is 0.0435. The summed E-state index contributed by atoms with van der Waals surface area (Å²) in [6.07, 6.45) is 1.61. The molecule has 3 amide bonds. The van der Waals surface area contributed by atoms with Gasteiger partial charge in [-0.15, -0.1) is 23.1 Å². The van der Waals surface area contributed by atoms with Crippen molar-refractivity contribution in [1.29, 1.82) is 0 Å². The third-order valence-corrected chi connectivity index (χ3v) is 11.3. The van der Waals surface area contributed by atoms with Gasteiger partial charge in [-0.25, -0.2) is 4.98 Å². The van der Waals surface area contributed by atoms with Gasteiger partial charge in [0.15, 0.2) is 5.13 Å². The zero-order valence-electron chi connectivity index (χ0n) is 30.6. The highest BCUT2D eigenvalue weighted by atomic mass is 35.5. The predicted molar refractivity (Wildman–Crippen MR) is 235 cm³/mol. The number of carbonyl (C=O) groups is 3. The Labute approximate surface area is 353 Å². The third kappa shape index (κ3) is 10.8. The Bertz CT molecular complexity index is 2550. The van der Waals surface area contributed by atoms with Crippen molar-refractivity contribution in [3.05, 3.63) is 201 Å². The largest absolute Gasteiger partial charge is 0.489 e. The first-order valence-electron chi connectivity index (χ1n) is 18.0. The standard InChI is InChI=1S/C46H34Cl2N4O4S2/c47-38-24-21-34(26-39(38)48)41-29-57-46(51-41)52-45(55)42(32-13-6-2-7-14-32)58-37-18-10-17-35(27-37)49-44(54)40(50-43(53)33-15-8-3-9-16-33)25-30-19-22-36(23-20-30)56-28-31-11-4-1-5-12-31/h1-27,29,42H,28H2,(H,49,54)(H,50,53)(H,51,52,55)/b40-25-. The molecule has 7 aromatic rings. The van der Waals surface area contributed by atoms with E-state index in [9.17, 15) is 14.4 Å². The Morgan fingerprint density at radius 2 is 1.45 bits per heavy atom. The van der Waals surface area contributed by atoms with Gasteiger partial charge in [0.1, 0.15) is 23.3 Å². The summed E-state index contributed by atoms with van der Waals surface area (Å²) in [5.74, 6) is -0.576. The molecule has 0 aliphatic rings. The fourth-order valence-electron chi connectivity index (χ4n) is 5.68. The number of anilines is 2. The van der Waals surface area contributed by atoms with Crippen LogP contribution in [0.4, 0.5) is 10.8 Å². The van der Waals surface area contributed by atoms with Crippen LogP contribution in [0.15, 0.2) is 174 Å². The summed E-state index contributed by atoms with van der Waals surface area (Å²) in [6.45, 7) is 0.415. The maximum Gasteiger partial charge on any atom is 0.272 e. The molecular weight excluding hydrogens is 808 g/mol. The van der Waals surface area contributed by atoms with Gasteiger partial charge in [0, 0.05) is 27.1 Å². The Morgan fingerprint density at radius 1 is 0.741 bits per heavy atom. The molecule has 6 aromatic carbocycles. The molecule has 7 rings (SSSR count). The van der Waals surface area contributed by atoms with E-state index in [4.69, 9.17) is 27.9 Å². The van der Waals surface area contributed by atoms with Gasteiger partial charge in [0.25, 0.3) is 11.8 Å². The van der Waals surface area contributed by atoms with Crippen LogP contribution in [-0.4, -0.2) is 22.7 Å². The molecule has 0 spiro atoms. The second-order valence-corrected chi connectivity index (χ2v) is 15.6. The average Bonchev–Trinajstić information content (AvgIpc) is 3.72. The van der Waals surface area contributed by atoms with Crippen LogP contribution in [-0.2, 0) is 16.2 Å². The summed E-state index contributed by atoms with van der Waals surface area (Å²) in [7, 11) is 0. The van der Waals surface area contributed by atoms with E-state index in [1.54, 1.807) is 60.7 Å². The number of halogens is 2. The van der Waals surface area contributed by atoms with Crippen LogP contribution in [0.3, 0.4) is 0 Å². The number of nitrogens with one attached hydrogen (secondary N) is 3. The smallest absolute Gasteiger partial charge is 0.272 e. The number of carbonyl (C=O) groups excluding carboxylic acids is 3. The van der Waals surface area contributed by atoms with Crippen molar-refractivity contribution in [3.8, 4) is 17.0 Å². The van der Waals surface area contributed by atoms with Crippen LogP contribution in [0.25, 0.3) is 17.3 Å². The molecule has 0 saturated heterocycles. The number of ether oxygens (including phenoxy) is 1. The van der Waals surface area contributed by atoms with E-state index in [-0.39, 0.29) is 11.6 Å². The van der Waals surface area contributed by atoms with E-state index in [1.165, 1.54) is 23.1 Å². The molecule has 0 aliphatic carbocycles. The van der Waals surface area contributed by atoms with Gasteiger partial charge in [-0.3, -0.25) is 14.4 Å². The fourth-order valence-corrected chi connectivity index (χ4v) is 7.79. The number of rotatable bonds is 14. The molecule has 1 atom stereocenters. The summed E-state index contributed by atoms with van der Waals surface area (Å²) in [4.78, 5) is 46.4. The third-order valence-electron chi connectivity index (χ3n) is 8.60. The van der Waals surface area contributed by atoms with Gasteiger partial charge < -0.3 is 20.7 Å².